The molecule has 2 atom stereocenters. The lowest BCUT2D eigenvalue weighted by atomic mass is 10.1. The van der Waals surface area contributed by atoms with Crippen molar-refractivity contribution in [3.05, 3.63) is 6.92 Å². The van der Waals surface area contributed by atoms with Gasteiger partial charge < -0.3 is 0 Å². The largest absolute Gasteiger partial charge is 0.281 e. The molecule has 0 aliphatic rings. The molecule has 0 N–H and O–H groups in total. The van der Waals surface area contributed by atoms with Crippen molar-refractivity contribution in [3.8, 4) is 0 Å². The van der Waals surface area contributed by atoms with Crippen molar-refractivity contribution >= 4 is 0 Å². The molecular formula is C7H9F6. The Balaban J connectivity index is 4.15. The number of hydrogen-bond acceptors (Lipinski definition) is 0. The zero-order chi connectivity index (χ0) is 10.6. The normalized spacial score (nSPS) is 17.5. The first-order valence-corrected chi connectivity index (χ1v) is 3.54. The van der Waals surface area contributed by atoms with Crippen LogP contribution in [0.15, 0.2) is 0 Å². The van der Waals surface area contributed by atoms with Gasteiger partial charge in [0.1, 0.15) is 0 Å². The first-order chi connectivity index (χ1) is 5.81. The van der Waals surface area contributed by atoms with E-state index < -0.39 is 37.5 Å². The minimum atomic E-state index is -4.07. The van der Waals surface area contributed by atoms with Crippen LogP contribution in [0.3, 0.4) is 0 Å². The third-order valence-corrected chi connectivity index (χ3v) is 1.45. The third kappa shape index (κ3) is 3.87. The van der Waals surface area contributed by atoms with Gasteiger partial charge in [-0.1, -0.05) is 6.92 Å². The molecule has 0 bridgehead atoms. The summed E-state index contributed by atoms with van der Waals surface area (Å²) in [7, 11) is 0. The van der Waals surface area contributed by atoms with Crippen LogP contribution in [0.25, 0.3) is 0 Å². The van der Waals surface area contributed by atoms with Gasteiger partial charge in [-0.3, -0.25) is 0 Å². The fourth-order valence-corrected chi connectivity index (χ4v) is 0.688. The second-order valence-corrected chi connectivity index (χ2v) is 2.57. The maximum Gasteiger partial charge on any atom is 0.281 e. The Kier molecular flexibility index (Phi) is 4.56. The van der Waals surface area contributed by atoms with Crippen LogP contribution in [-0.4, -0.2) is 24.7 Å². The van der Waals surface area contributed by atoms with Crippen LogP contribution in [0.2, 0.25) is 0 Å². The molecule has 0 saturated carbocycles. The van der Waals surface area contributed by atoms with Crippen LogP contribution in [0.1, 0.15) is 12.8 Å². The third-order valence-electron chi connectivity index (χ3n) is 1.45. The van der Waals surface area contributed by atoms with E-state index in [9.17, 15) is 26.3 Å². The molecule has 0 aromatic carbocycles. The Labute approximate surface area is 71.9 Å². The summed E-state index contributed by atoms with van der Waals surface area (Å²) >= 11 is 0. The molecule has 79 valence electrons. The molecule has 0 saturated heterocycles. The average molecular weight is 207 g/mol. The van der Waals surface area contributed by atoms with E-state index in [-0.39, 0.29) is 0 Å². The standard InChI is InChI=1S/C7H9F6/c1-2-5(9)7(12,13)3-4(8)6(10)11/h4-6H,1-3H2/t4?,5-/m0/s1. The van der Waals surface area contributed by atoms with Crippen molar-refractivity contribution in [2.45, 2.75) is 37.5 Å². The van der Waals surface area contributed by atoms with E-state index in [1.54, 1.807) is 0 Å². The molecule has 0 aromatic rings. The topological polar surface area (TPSA) is 0 Å². The summed E-state index contributed by atoms with van der Waals surface area (Å²) in [5.41, 5.74) is 0. The molecule has 1 unspecified atom stereocenters. The first kappa shape index (κ1) is 12.6. The van der Waals surface area contributed by atoms with E-state index >= 15 is 0 Å². The van der Waals surface area contributed by atoms with Gasteiger partial charge in [0.25, 0.3) is 12.3 Å². The van der Waals surface area contributed by atoms with Crippen molar-refractivity contribution in [2.24, 2.45) is 0 Å². The molecule has 0 nitrogen and oxygen atoms in total. The lowest BCUT2D eigenvalue weighted by molar-refractivity contribution is -0.108. The summed E-state index contributed by atoms with van der Waals surface area (Å²) in [5.74, 6) is -4.07. The molecule has 0 heterocycles. The van der Waals surface area contributed by atoms with Crippen molar-refractivity contribution in [2.75, 3.05) is 0 Å². The lowest BCUT2D eigenvalue weighted by Gasteiger charge is -2.20. The van der Waals surface area contributed by atoms with E-state index in [2.05, 4.69) is 6.92 Å². The van der Waals surface area contributed by atoms with Crippen LogP contribution in [0.4, 0.5) is 26.3 Å². The highest BCUT2D eigenvalue weighted by atomic mass is 19.3. The summed E-state index contributed by atoms with van der Waals surface area (Å²) in [6, 6.07) is 0. The highest BCUT2D eigenvalue weighted by molar-refractivity contribution is 4.81. The van der Waals surface area contributed by atoms with Crippen molar-refractivity contribution in [3.63, 3.8) is 0 Å². The summed E-state index contributed by atoms with van der Waals surface area (Å²) in [6.07, 6.45) is -11.8. The van der Waals surface area contributed by atoms with Gasteiger partial charge in [0.2, 0.25) is 0 Å². The maximum atomic E-state index is 12.4. The molecule has 13 heavy (non-hydrogen) atoms. The Morgan fingerprint density at radius 1 is 1.08 bits per heavy atom. The smallest absolute Gasteiger partial charge is 0.241 e. The molecule has 0 rings (SSSR count). The van der Waals surface area contributed by atoms with E-state index in [4.69, 9.17) is 0 Å². The molecule has 0 amide bonds. The molecule has 0 aromatic heterocycles. The predicted octanol–water partition coefficient (Wildman–Crippen LogP) is 3.18. The number of hydrogen-bond donors (Lipinski definition) is 0. The summed E-state index contributed by atoms with van der Waals surface area (Å²) in [4.78, 5) is 0. The van der Waals surface area contributed by atoms with Gasteiger partial charge in [0.05, 0.1) is 6.42 Å². The lowest BCUT2D eigenvalue weighted by Crippen LogP contribution is -2.34. The van der Waals surface area contributed by atoms with Gasteiger partial charge in [0, 0.05) is 0 Å². The van der Waals surface area contributed by atoms with Crippen LogP contribution >= 0.6 is 0 Å². The highest BCUT2D eigenvalue weighted by Crippen LogP contribution is 2.31. The second kappa shape index (κ2) is 4.72. The van der Waals surface area contributed by atoms with E-state index in [0.29, 0.717) is 0 Å². The molecule has 0 fully saturated rings. The predicted molar refractivity (Wildman–Crippen MR) is 35.3 cm³/mol. The minimum absolute atomic E-state index is 0.775. The van der Waals surface area contributed by atoms with Gasteiger partial charge in [-0.2, -0.15) is 0 Å². The van der Waals surface area contributed by atoms with Crippen molar-refractivity contribution < 1.29 is 26.3 Å². The monoisotopic (exact) mass is 207 g/mol. The number of alkyl halides is 6. The summed E-state index contributed by atoms with van der Waals surface area (Å²) in [5, 5.41) is 0. The Hall–Kier alpha value is -0.420. The summed E-state index contributed by atoms with van der Waals surface area (Å²) < 4.78 is 72.2. The molecule has 6 heteroatoms. The maximum absolute atomic E-state index is 12.4. The van der Waals surface area contributed by atoms with Gasteiger partial charge >= 0.3 is 0 Å². The number of rotatable bonds is 5. The van der Waals surface area contributed by atoms with Gasteiger partial charge in [0.15, 0.2) is 12.3 Å². The van der Waals surface area contributed by atoms with Crippen LogP contribution in [-0.2, 0) is 0 Å². The van der Waals surface area contributed by atoms with Crippen LogP contribution < -0.4 is 0 Å². The fourth-order valence-electron chi connectivity index (χ4n) is 0.688. The zero-order valence-electron chi connectivity index (χ0n) is 6.62. The SMILES string of the molecule is [CH2]C[C@H](F)C(F)(F)CC(F)C(F)F. The summed E-state index contributed by atoms with van der Waals surface area (Å²) in [6.45, 7) is 2.84. The van der Waals surface area contributed by atoms with Crippen molar-refractivity contribution in [1.82, 2.24) is 0 Å². The Morgan fingerprint density at radius 2 is 1.54 bits per heavy atom. The van der Waals surface area contributed by atoms with Crippen LogP contribution in [0.5, 0.6) is 0 Å². The van der Waals surface area contributed by atoms with Gasteiger partial charge in [-0.25, -0.2) is 26.3 Å². The fraction of sp³-hybridized carbons (Fsp3) is 0.857. The Bertz CT molecular complexity index is 146. The van der Waals surface area contributed by atoms with Crippen LogP contribution in [0, 0.1) is 6.92 Å². The molecule has 0 spiro atoms. The van der Waals surface area contributed by atoms with E-state index in [1.165, 1.54) is 0 Å². The molecule has 1 radical (unpaired) electrons. The Morgan fingerprint density at radius 3 is 1.85 bits per heavy atom. The van der Waals surface area contributed by atoms with Gasteiger partial charge in [-0.15, -0.1) is 0 Å². The highest BCUT2D eigenvalue weighted by Gasteiger charge is 2.43. The van der Waals surface area contributed by atoms with Crippen molar-refractivity contribution in [1.29, 1.82) is 0 Å². The van der Waals surface area contributed by atoms with E-state index in [0.717, 1.165) is 0 Å². The van der Waals surface area contributed by atoms with E-state index in [1.807, 2.05) is 0 Å². The second-order valence-electron chi connectivity index (χ2n) is 2.57. The first-order valence-electron chi connectivity index (χ1n) is 3.54. The molecule has 0 aliphatic heterocycles. The van der Waals surface area contributed by atoms with Gasteiger partial charge in [-0.05, 0) is 6.42 Å². The average Bonchev–Trinajstić information content (AvgIpc) is 2.01. The minimum Gasteiger partial charge on any atom is -0.241 e. The quantitative estimate of drug-likeness (QED) is 0.607. The molecule has 0 aliphatic carbocycles. The molecular weight excluding hydrogens is 198 g/mol. The zero-order valence-corrected chi connectivity index (χ0v) is 6.62. The number of halogens is 6.